The molecule has 1 heterocycles. The van der Waals surface area contributed by atoms with Crippen LogP contribution in [0.15, 0.2) is 16.7 Å². The van der Waals surface area contributed by atoms with E-state index in [1.54, 1.807) is 19.9 Å². The maximum Gasteiger partial charge on any atom is 0.340 e. The van der Waals surface area contributed by atoms with Crippen LogP contribution in [0.5, 0.6) is 0 Å². The summed E-state index contributed by atoms with van der Waals surface area (Å²) in [5.41, 5.74) is 6.77. The van der Waals surface area contributed by atoms with Crippen LogP contribution in [-0.4, -0.2) is 22.7 Å². The highest BCUT2D eigenvalue weighted by molar-refractivity contribution is 6.34. The molecule has 8 heteroatoms. The number of nitrogens with zero attached hydrogens (tertiary/aromatic N) is 2. The number of rotatable bonds is 5. The lowest BCUT2D eigenvalue weighted by Gasteiger charge is -2.13. The zero-order chi connectivity index (χ0) is 15.4. The van der Waals surface area contributed by atoms with Crippen LogP contribution in [0.25, 0.3) is 0 Å². The largest absolute Gasteiger partial charge is 0.462 e. The quantitative estimate of drug-likeness (QED) is 0.645. The van der Waals surface area contributed by atoms with Gasteiger partial charge in [-0.3, -0.25) is 0 Å². The normalized spacial score (nSPS) is 10.4. The van der Waals surface area contributed by atoms with Crippen LogP contribution in [0.3, 0.4) is 0 Å². The third-order valence-corrected chi connectivity index (χ3v) is 2.89. The third-order valence-electron chi connectivity index (χ3n) is 2.59. The van der Waals surface area contributed by atoms with Crippen molar-refractivity contribution >= 4 is 28.9 Å². The van der Waals surface area contributed by atoms with Gasteiger partial charge < -0.3 is 20.3 Å². The van der Waals surface area contributed by atoms with Crippen molar-refractivity contribution < 1.29 is 14.1 Å². The molecular formula is C13H15ClN4O3. The molecule has 0 saturated heterocycles. The van der Waals surface area contributed by atoms with Crippen molar-refractivity contribution in [3.05, 3.63) is 34.4 Å². The Morgan fingerprint density at radius 2 is 2.29 bits per heavy atom. The van der Waals surface area contributed by atoms with E-state index in [0.717, 1.165) is 0 Å². The second-order valence-corrected chi connectivity index (χ2v) is 4.64. The first-order valence-corrected chi connectivity index (χ1v) is 6.68. The number of ether oxygens (including phenoxy) is 1. The van der Waals surface area contributed by atoms with Gasteiger partial charge >= 0.3 is 5.97 Å². The number of benzene rings is 1. The van der Waals surface area contributed by atoms with E-state index >= 15 is 0 Å². The van der Waals surface area contributed by atoms with Crippen LogP contribution < -0.4 is 11.1 Å². The first-order chi connectivity index (χ1) is 10.0. The summed E-state index contributed by atoms with van der Waals surface area (Å²) in [4.78, 5) is 16.0. The summed E-state index contributed by atoms with van der Waals surface area (Å²) >= 11 is 6.13. The van der Waals surface area contributed by atoms with Crippen LogP contribution in [0.1, 0.15) is 29.0 Å². The van der Waals surface area contributed by atoms with Crippen molar-refractivity contribution in [2.45, 2.75) is 20.4 Å². The molecule has 1 aromatic heterocycles. The van der Waals surface area contributed by atoms with Gasteiger partial charge in [0.1, 0.15) is 0 Å². The molecule has 2 aromatic rings. The number of hydrogen-bond donors (Lipinski definition) is 2. The molecule has 0 unspecified atom stereocenters. The second-order valence-electron chi connectivity index (χ2n) is 4.23. The van der Waals surface area contributed by atoms with Crippen molar-refractivity contribution in [3.63, 3.8) is 0 Å². The number of nitrogens with one attached hydrogen (secondary N) is 1. The zero-order valence-corrected chi connectivity index (χ0v) is 12.4. The lowest BCUT2D eigenvalue weighted by atomic mass is 10.1. The number of carbonyl (C=O) groups excluding carboxylic acids is 1. The average Bonchev–Trinajstić information content (AvgIpc) is 2.83. The molecule has 0 aliphatic rings. The number of halogens is 1. The van der Waals surface area contributed by atoms with Crippen LogP contribution in [0.4, 0.5) is 11.4 Å². The maximum absolute atomic E-state index is 12.0. The summed E-state index contributed by atoms with van der Waals surface area (Å²) in [6.45, 7) is 3.93. The number of anilines is 2. The molecule has 3 N–H and O–H groups in total. The number of hydrogen-bond acceptors (Lipinski definition) is 7. The van der Waals surface area contributed by atoms with Crippen LogP contribution in [-0.2, 0) is 11.3 Å². The highest BCUT2D eigenvalue weighted by atomic mass is 35.5. The Morgan fingerprint density at radius 1 is 1.52 bits per heavy atom. The first-order valence-electron chi connectivity index (χ1n) is 6.30. The SMILES string of the molecule is CCOC(=O)c1cc(N)cc(Cl)c1NCc1nc(C)no1. The Bertz CT molecular complexity index is 657. The number of nitrogens with two attached hydrogens (primary N) is 1. The molecule has 0 spiro atoms. The number of carbonyl (C=O) groups is 1. The van der Waals surface area contributed by atoms with Crippen molar-refractivity contribution in [1.29, 1.82) is 0 Å². The second kappa shape index (κ2) is 6.45. The molecule has 7 nitrogen and oxygen atoms in total. The van der Waals surface area contributed by atoms with E-state index < -0.39 is 5.97 Å². The highest BCUT2D eigenvalue weighted by Crippen LogP contribution is 2.30. The molecule has 0 radical (unpaired) electrons. The maximum atomic E-state index is 12.0. The molecular weight excluding hydrogens is 296 g/mol. The summed E-state index contributed by atoms with van der Waals surface area (Å²) in [6, 6.07) is 3.05. The van der Waals surface area contributed by atoms with Gasteiger partial charge in [-0.05, 0) is 26.0 Å². The Labute approximate surface area is 126 Å². The molecule has 0 aliphatic heterocycles. The van der Waals surface area contributed by atoms with Gasteiger partial charge in [-0.15, -0.1) is 0 Å². The fourth-order valence-electron chi connectivity index (χ4n) is 1.75. The lowest BCUT2D eigenvalue weighted by molar-refractivity contribution is 0.0527. The lowest BCUT2D eigenvalue weighted by Crippen LogP contribution is -2.11. The van der Waals surface area contributed by atoms with Gasteiger partial charge in [0.05, 0.1) is 29.4 Å². The van der Waals surface area contributed by atoms with Gasteiger partial charge in [-0.2, -0.15) is 4.98 Å². The van der Waals surface area contributed by atoms with Crippen molar-refractivity contribution in [1.82, 2.24) is 10.1 Å². The Kier molecular flexibility index (Phi) is 4.64. The van der Waals surface area contributed by atoms with Crippen molar-refractivity contribution in [3.8, 4) is 0 Å². The molecule has 0 bridgehead atoms. The van der Waals surface area contributed by atoms with Gasteiger partial charge in [-0.25, -0.2) is 4.79 Å². The van der Waals surface area contributed by atoms with E-state index in [1.165, 1.54) is 6.07 Å². The number of aryl methyl sites for hydroxylation is 1. The molecule has 0 saturated carbocycles. The van der Waals surface area contributed by atoms with E-state index in [2.05, 4.69) is 15.5 Å². The van der Waals surface area contributed by atoms with Gasteiger partial charge in [0.15, 0.2) is 5.82 Å². The highest BCUT2D eigenvalue weighted by Gasteiger charge is 2.17. The van der Waals surface area contributed by atoms with E-state index in [1.807, 2.05) is 0 Å². The fraction of sp³-hybridized carbons (Fsp3) is 0.308. The standard InChI is InChI=1S/C13H15ClN4O3/c1-3-20-13(19)9-4-8(15)5-10(14)12(9)16-6-11-17-7(2)18-21-11/h4-5,16H,3,6,15H2,1-2H3. The molecule has 0 aliphatic carbocycles. The number of esters is 1. The van der Waals surface area contributed by atoms with Gasteiger partial charge in [0.2, 0.25) is 5.89 Å². The molecule has 0 amide bonds. The predicted octanol–water partition coefficient (Wildman–Crippen LogP) is 2.40. The van der Waals surface area contributed by atoms with E-state index in [-0.39, 0.29) is 18.7 Å². The van der Waals surface area contributed by atoms with Crippen molar-refractivity contribution in [2.24, 2.45) is 0 Å². The fourth-order valence-corrected chi connectivity index (χ4v) is 2.05. The summed E-state index contributed by atoms with van der Waals surface area (Å²) in [7, 11) is 0. The van der Waals surface area contributed by atoms with Gasteiger partial charge in [0.25, 0.3) is 0 Å². The Hall–Kier alpha value is -2.28. The average molecular weight is 311 g/mol. The topological polar surface area (TPSA) is 103 Å². The van der Waals surface area contributed by atoms with E-state index in [4.69, 9.17) is 26.6 Å². The minimum Gasteiger partial charge on any atom is -0.462 e. The van der Waals surface area contributed by atoms with Crippen molar-refractivity contribution in [2.75, 3.05) is 17.7 Å². The molecule has 0 fully saturated rings. The molecule has 112 valence electrons. The summed E-state index contributed by atoms with van der Waals surface area (Å²) in [6.07, 6.45) is 0. The minimum absolute atomic E-state index is 0.233. The molecule has 1 aromatic carbocycles. The van der Waals surface area contributed by atoms with E-state index in [0.29, 0.717) is 28.1 Å². The molecule has 2 rings (SSSR count). The minimum atomic E-state index is -0.504. The zero-order valence-electron chi connectivity index (χ0n) is 11.6. The monoisotopic (exact) mass is 310 g/mol. The van der Waals surface area contributed by atoms with E-state index in [9.17, 15) is 4.79 Å². The Balaban J connectivity index is 2.26. The summed E-state index contributed by atoms with van der Waals surface area (Å²) in [5, 5.41) is 6.99. The predicted molar refractivity (Wildman–Crippen MR) is 78.2 cm³/mol. The van der Waals surface area contributed by atoms with Crippen LogP contribution >= 0.6 is 11.6 Å². The Morgan fingerprint density at radius 3 is 2.90 bits per heavy atom. The summed E-state index contributed by atoms with van der Waals surface area (Å²) in [5.74, 6) is 0.409. The third kappa shape index (κ3) is 3.63. The molecule has 0 atom stereocenters. The smallest absolute Gasteiger partial charge is 0.340 e. The number of aromatic nitrogens is 2. The van der Waals surface area contributed by atoms with Crippen LogP contribution in [0.2, 0.25) is 5.02 Å². The summed E-state index contributed by atoms with van der Waals surface area (Å²) < 4.78 is 9.98. The van der Waals surface area contributed by atoms with Gasteiger partial charge in [0, 0.05) is 5.69 Å². The van der Waals surface area contributed by atoms with Crippen LogP contribution in [0, 0.1) is 6.92 Å². The van der Waals surface area contributed by atoms with Gasteiger partial charge in [-0.1, -0.05) is 16.8 Å². The first kappa shape index (κ1) is 15.1. The molecule has 21 heavy (non-hydrogen) atoms. The number of nitrogen functional groups attached to an aromatic ring is 1.